The maximum absolute atomic E-state index is 13.1. The number of benzene rings is 1. The Balaban J connectivity index is 2.10. The van der Waals surface area contributed by atoms with Crippen LogP contribution in [0.3, 0.4) is 0 Å². The number of carbonyl (C=O) groups is 1. The highest BCUT2D eigenvalue weighted by Gasteiger charge is 2.42. The Kier molecular flexibility index (Phi) is 5.48. The molecule has 2 saturated heterocycles. The Bertz CT molecular complexity index is 938. The molecule has 2 aliphatic rings. The average Bonchev–Trinajstić information content (AvgIpc) is 2.83. The average molecular weight is 418 g/mol. The van der Waals surface area contributed by atoms with E-state index in [9.17, 15) is 21.6 Å². The van der Waals surface area contributed by atoms with Crippen molar-refractivity contribution < 1.29 is 31.1 Å². The number of rotatable bonds is 5. The third kappa shape index (κ3) is 3.68. The number of hydrogen-bond acceptors (Lipinski definition) is 7. The van der Waals surface area contributed by atoms with Crippen LogP contribution in [0.1, 0.15) is 13.8 Å². The lowest BCUT2D eigenvalue weighted by Gasteiger charge is -2.27. The normalized spacial score (nSPS) is 23.6. The second-order valence-corrected chi connectivity index (χ2v) is 10.1. The predicted molar refractivity (Wildman–Crippen MR) is 97.6 cm³/mol. The zero-order valence-corrected chi connectivity index (χ0v) is 16.8. The van der Waals surface area contributed by atoms with Gasteiger partial charge in [-0.3, -0.25) is 4.79 Å². The van der Waals surface area contributed by atoms with Gasteiger partial charge in [0.05, 0.1) is 37.2 Å². The fourth-order valence-electron chi connectivity index (χ4n) is 3.11. The van der Waals surface area contributed by atoms with Crippen molar-refractivity contribution in [3.63, 3.8) is 0 Å². The van der Waals surface area contributed by atoms with E-state index in [0.717, 1.165) is 0 Å². The topological polar surface area (TPSA) is 110 Å². The Morgan fingerprint density at radius 1 is 1.26 bits per heavy atom. The lowest BCUT2D eigenvalue weighted by molar-refractivity contribution is -0.119. The molecule has 27 heavy (non-hydrogen) atoms. The van der Waals surface area contributed by atoms with Crippen molar-refractivity contribution >= 4 is 31.6 Å². The number of morpholine rings is 1. The Morgan fingerprint density at radius 2 is 1.93 bits per heavy atom. The number of amides is 1. The second-order valence-electron chi connectivity index (χ2n) is 6.36. The largest absolute Gasteiger partial charge is 0.492 e. The van der Waals surface area contributed by atoms with Crippen molar-refractivity contribution in [2.24, 2.45) is 5.92 Å². The van der Waals surface area contributed by atoms with E-state index < -0.39 is 31.9 Å². The molecule has 1 atom stereocenters. The van der Waals surface area contributed by atoms with Gasteiger partial charge in [-0.25, -0.2) is 21.1 Å². The second kappa shape index (κ2) is 7.38. The lowest BCUT2D eigenvalue weighted by Crippen LogP contribution is -2.40. The molecule has 3 rings (SSSR count). The summed E-state index contributed by atoms with van der Waals surface area (Å²) in [5.41, 5.74) is -0.000336. The van der Waals surface area contributed by atoms with Crippen molar-refractivity contribution in [1.29, 1.82) is 0 Å². The van der Waals surface area contributed by atoms with Crippen LogP contribution in [0.15, 0.2) is 23.1 Å². The molecular formula is C16H22N2O7S2. The Morgan fingerprint density at radius 3 is 2.48 bits per heavy atom. The van der Waals surface area contributed by atoms with Gasteiger partial charge in [0.2, 0.25) is 26.0 Å². The number of ether oxygens (including phenoxy) is 2. The third-order valence-electron chi connectivity index (χ3n) is 4.41. The molecule has 0 radical (unpaired) electrons. The highest BCUT2D eigenvalue weighted by Crippen LogP contribution is 2.35. The highest BCUT2D eigenvalue weighted by atomic mass is 32.2. The maximum Gasteiger partial charge on any atom is 0.246 e. The van der Waals surface area contributed by atoms with Crippen molar-refractivity contribution in [3.8, 4) is 5.75 Å². The Labute approximate surface area is 158 Å². The van der Waals surface area contributed by atoms with Gasteiger partial charge in [-0.15, -0.1) is 0 Å². The van der Waals surface area contributed by atoms with Crippen molar-refractivity contribution in [2.75, 3.05) is 43.0 Å². The van der Waals surface area contributed by atoms with Gasteiger partial charge in [-0.05, 0) is 25.1 Å². The summed E-state index contributed by atoms with van der Waals surface area (Å²) in [7, 11) is -7.78. The van der Waals surface area contributed by atoms with E-state index in [4.69, 9.17) is 9.47 Å². The van der Waals surface area contributed by atoms with Crippen LogP contribution in [-0.2, 0) is 29.6 Å². The van der Waals surface area contributed by atoms with E-state index in [2.05, 4.69) is 0 Å². The number of hydrogen-bond donors (Lipinski definition) is 0. The zero-order valence-electron chi connectivity index (χ0n) is 15.1. The van der Waals surface area contributed by atoms with Gasteiger partial charge in [-0.2, -0.15) is 4.31 Å². The van der Waals surface area contributed by atoms with Crippen LogP contribution >= 0.6 is 0 Å². The van der Waals surface area contributed by atoms with Gasteiger partial charge >= 0.3 is 0 Å². The molecule has 0 aliphatic carbocycles. The van der Waals surface area contributed by atoms with Crippen molar-refractivity contribution in [3.05, 3.63) is 18.2 Å². The number of sulfonamides is 2. The van der Waals surface area contributed by atoms with E-state index in [-0.39, 0.29) is 55.0 Å². The standard InChI is InChI=1S/C16H22N2O7S2/c1-3-25-14-5-4-13(18-16(19)12(2)11-26(18,20)21)10-15(14)27(22,23)17-6-8-24-9-7-17/h4-5,10,12H,3,6-9,11H2,1-2H3. The summed E-state index contributed by atoms with van der Waals surface area (Å²) in [5.74, 6) is -1.44. The smallest absolute Gasteiger partial charge is 0.246 e. The Hall–Kier alpha value is -1.69. The molecule has 150 valence electrons. The fraction of sp³-hybridized carbons (Fsp3) is 0.562. The molecule has 2 fully saturated rings. The van der Waals surface area contributed by atoms with E-state index in [1.54, 1.807) is 6.92 Å². The minimum Gasteiger partial charge on any atom is -0.492 e. The first-order valence-corrected chi connectivity index (χ1v) is 11.6. The molecule has 11 heteroatoms. The number of anilines is 1. The van der Waals surface area contributed by atoms with E-state index in [0.29, 0.717) is 4.31 Å². The van der Waals surface area contributed by atoms with Gasteiger partial charge in [0, 0.05) is 13.1 Å². The van der Waals surface area contributed by atoms with Crippen LogP contribution in [0.25, 0.3) is 0 Å². The van der Waals surface area contributed by atoms with Crippen molar-refractivity contribution in [2.45, 2.75) is 18.7 Å². The van der Waals surface area contributed by atoms with Crippen LogP contribution in [0, 0.1) is 5.92 Å². The highest BCUT2D eigenvalue weighted by molar-refractivity contribution is 7.94. The van der Waals surface area contributed by atoms with E-state index in [1.807, 2.05) is 0 Å². The number of nitrogens with zero attached hydrogens (tertiary/aromatic N) is 2. The lowest BCUT2D eigenvalue weighted by atomic mass is 10.2. The SMILES string of the molecule is CCOc1ccc(N2C(=O)C(C)CS2(=O)=O)cc1S(=O)(=O)N1CCOCC1. The summed E-state index contributed by atoms with van der Waals surface area (Å²) in [5, 5.41) is 0. The summed E-state index contributed by atoms with van der Waals surface area (Å²) in [6, 6.07) is 3.97. The first-order valence-electron chi connectivity index (χ1n) is 8.60. The summed E-state index contributed by atoms with van der Waals surface area (Å²) in [4.78, 5) is 12.2. The molecule has 2 aliphatic heterocycles. The maximum atomic E-state index is 13.1. The number of carbonyl (C=O) groups excluding carboxylic acids is 1. The molecule has 2 heterocycles. The first kappa shape index (κ1) is 20.1. The van der Waals surface area contributed by atoms with E-state index in [1.165, 1.54) is 29.4 Å². The van der Waals surface area contributed by atoms with Crippen LogP contribution in [-0.4, -0.2) is 65.7 Å². The molecule has 1 aromatic rings. The minimum atomic E-state index is -3.94. The van der Waals surface area contributed by atoms with Gasteiger partial charge in [0.25, 0.3) is 0 Å². The van der Waals surface area contributed by atoms with Crippen LogP contribution in [0.4, 0.5) is 5.69 Å². The van der Waals surface area contributed by atoms with Crippen molar-refractivity contribution in [1.82, 2.24) is 4.31 Å². The molecule has 1 amide bonds. The van der Waals surface area contributed by atoms with Gasteiger partial charge < -0.3 is 9.47 Å². The molecule has 0 bridgehead atoms. The quantitative estimate of drug-likeness (QED) is 0.681. The molecule has 9 nitrogen and oxygen atoms in total. The summed E-state index contributed by atoms with van der Waals surface area (Å²) in [6.45, 7) is 4.42. The van der Waals surface area contributed by atoms with Gasteiger partial charge in [0.1, 0.15) is 10.6 Å². The molecule has 0 saturated carbocycles. The molecular weight excluding hydrogens is 396 g/mol. The molecule has 1 aromatic carbocycles. The molecule has 1 unspecified atom stereocenters. The van der Waals surface area contributed by atoms with Crippen LogP contribution in [0.2, 0.25) is 0 Å². The van der Waals surface area contributed by atoms with Gasteiger partial charge in [0.15, 0.2) is 0 Å². The van der Waals surface area contributed by atoms with Crippen LogP contribution in [0.5, 0.6) is 5.75 Å². The third-order valence-corrected chi connectivity index (χ3v) is 8.20. The van der Waals surface area contributed by atoms with Gasteiger partial charge in [-0.1, -0.05) is 6.92 Å². The molecule has 0 spiro atoms. The fourth-order valence-corrected chi connectivity index (χ4v) is 6.48. The first-order chi connectivity index (χ1) is 12.7. The summed E-state index contributed by atoms with van der Waals surface area (Å²) >= 11 is 0. The van der Waals surface area contributed by atoms with E-state index >= 15 is 0 Å². The monoisotopic (exact) mass is 418 g/mol. The minimum absolute atomic E-state index is 0.000336. The zero-order chi connectivity index (χ0) is 19.8. The molecule has 0 aromatic heterocycles. The summed E-state index contributed by atoms with van der Waals surface area (Å²) < 4.78 is 63.5. The predicted octanol–water partition coefficient (Wildman–Crippen LogP) is 0.419. The van der Waals surface area contributed by atoms with Crippen LogP contribution < -0.4 is 9.04 Å². The summed E-state index contributed by atoms with van der Waals surface area (Å²) in [6.07, 6.45) is 0. The molecule has 0 N–H and O–H groups in total.